The molecule has 0 radical (unpaired) electrons. The molecule has 0 unspecified atom stereocenters. The van der Waals surface area contributed by atoms with E-state index in [0.717, 1.165) is 0 Å². The van der Waals surface area contributed by atoms with Gasteiger partial charge in [0, 0.05) is 17.7 Å². The lowest BCUT2D eigenvalue weighted by Crippen LogP contribution is -1.95. The molecule has 0 bridgehead atoms. The van der Waals surface area contributed by atoms with Crippen LogP contribution in [0.4, 0.5) is 11.4 Å². The number of nitro benzene ring substituents is 2. The Morgan fingerprint density at radius 2 is 1.60 bits per heavy atom. The maximum Gasteiger partial charge on any atom is 0.311 e. The summed E-state index contributed by atoms with van der Waals surface area (Å²) in [6, 6.07) is 10.1. The molecular formula is C13H10N2O5. The normalized spacial score (nSPS) is 10.1. The van der Waals surface area contributed by atoms with Crippen LogP contribution in [-0.2, 0) is 0 Å². The number of nitro groups is 2. The zero-order valence-electron chi connectivity index (χ0n) is 10.5. The maximum absolute atomic E-state index is 10.9. The van der Waals surface area contributed by atoms with Crippen LogP contribution in [0.3, 0.4) is 0 Å². The van der Waals surface area contributed by atoms with Crippen LogP contribution in [0.5, 0.6) is 11.5 Å². The van der Waals surface area contributed by atoms with Crippen LogP contribution in [0, 0.1) is 27.2 Å². The number of ether oxygens (including phenoxy) is 1. The predicted molar refractivity (Wildman–Crippen MR) is 71.0 cm³/mol. The van der Waals surface area contributed by atoms with Crippen molar-refractivity contribution in [1.29, 1.82) is 0 Å². The van der Waals surface area contributed by atoms with E-state index < -0.39 is 9.85 Å². The number of nitrogens with zero attached hydrogens (tertiary/aromatic N) is 2. The first-order valence-electron chi connectivity index (χ1n) is 5.65. The second kappa shape index (κ2) is 5.35. The van der Waals surface area contributed by atoms with Gasteiger partial charge in [-0.25, -0.2) is 0 Å². The van der Waals surface area contributed by atoms with Gasteiger partial charge in [0.25, 0.3) is 5.69 Å². The number of hydrogen-bond donors (Lipinski definition) is 0. The molecule has 0 saturated carbocycles. The van der Waals surface area contributed by atoms with Crippen molar-refractivity contribution in [3.63, 3.8) is 0 Å². The summed E-state index contributed by atoms with van der Waals surface area (Å²) in [5.41, 5.74) is 0.231. The third-order valence-electron chi connectivity index (χ3n) is 2.65. The molecule has 0 aliphatic carbocycles. The molecule has 2 aromatic carbocycles. The average Bonchev–Trinajstić information content (AvgIpc) is 2.38. The van der Waals surface area contributed by atoms with E-state index in [1.165, 1.54) is 36.4 Å². The Balaban J connectivity index is 2.34. The van der Waals surface area contributed by atoms with Crippen molar-refractivity contribution >= 4 is 11.4 Å². The third-order valence-corrected chi connectivity index (χ3v) is 2.65. The molecule has 2 rings (SSSR count). The lowest BCUT2D eigenvalue weighted by molar-refractivity contribution is -0.385. The summed E-state index contributed by atoms with van der Waals surface area (Å²) >= 11 is 0. The van der Waals surface area contributed by atoms with E-state index in [1.807, 2.05) is 0 Å². The van der Waals surface area contributed by atoms with Crippen LogP contribution < -0.4 is 4.74 Å². The van der Waals surface area contributed by atoms with Gasteiger partial charge in [0.05, 0.1) is 9.85 Å². The van der Waals surface area contributed by atoms with Crippen molar-refractivity contribution in [3.8, 4) is 11.5 Å². The summed E-state index contributed by atoms with van der Waals surface area (Å²) in [5, 5.41) is 21.6. The van der Waals surface area contributed by atoms with Crippen molar-refractivity contribution < 1.29 is 14.6 Å². The van der Waals surface area contributed by atoms with Gasteiger partial charge in [0.2, 0.25) is 5.75 Å². The molecule has 0 spiro atoms. The topological polar surface area (TPSA) is 95.5 Å². The van der Waals surface area contributed by atoms with Crippen LogP contribution in [0.2, 0.25) is 0 Å². The molecule has 0 aliphatic rings. The van der Waals surface area contributed by atoms with Gasteiger partial charge < -0.3 is 4.74 Å². The highest BCUT2D eigenvalue weighted by molar-refractivity contribution is 5.50. The molecule has 0 saturated heterocycles. The first-order valence-corrected chi connectivity index (χ1v) is 5.65. The smallest absolute Gasteiger partial charge is 0.311 e. The van der Waals surface area contributed by atoms with Crippen LogP contribution in [-0.4, -0.2) is 9.85 Å². The van der Waals surface area contributed by atoms with Crippen LogP contribution in [0.15, 0.2) is 42.5 Å². The maximum atomic E-state index is 10.9. The Kier molecular flexibility index (Phi) is 3.60. The summed E-state index contributed by atoms with van der Waals surface area (Å²) < 4.78 is 5.42. The first kappa shape index (κ1) is 13.5. The number of rotatable bonds is 4. The van der Waals surface area contributed by atoms with Crippen LogP contribution in [0.1, 0.15) is 5.56 Å². The van der Waals surface area contributed by atoms with Gasteiger partial charge in [-0.15, -0.1) is 0 Å². The fourth-order valence-electron chi connectivity index (χ4n) is 1.72. The fraction of sp³-hybridized carbons (Fsp3) is 0.0769. The zero-order chi connectivity index (χ0) is 14.7. The first-order chi connectivity index (χ1) is 9.49. The quantitative estimate of drug-likeness (QED) is 0.626. The van der Waals surface area contributed by atoms with Crippen molar-refractivity contribution in [3.05, 3.63) is 68.3 Å². The Morgan fingerprint density at radius 3 is 2.20 bits per heavy atom. The third kappa shape index (κ3) is 2.72. The second-order valence-electron chi connectivity index (χ2n) is 4.03. The highest BCUT2D eigenvalue weighted by Gasteiger charge is 2.16. The van der Waals surface area contributed by atoms with E-state index in [1.54, 1.807) is 13.0 Å². The molecular weight excluding hydrogens is 264 g/mol. The molecule has 2 aromatic rings. The fourth-order valence-corrected chi connectivity index (χ4v) is 1.72. The second-order valence-corrected chi connectivity index (χ2v) is 4.03. The summed E-state index contributed by atoms with van der Waals surface area (Å²) in [6.45, 7) is 1.57. The molecule has 0 atom stereocenters. The summed E-state index contributed by atoms with van der Waals surface area (Å²) in [4.78, 5) is 20.5. The standard InChI is InChI=1S/C13H10N2O5/c1-9-8-10(6-7-11(9)14(16)17)20-13-5-3-2-4-12(13)15(18)19/h2-8H,1H3. The Hall–Kier alpha value is -2.96. The van der Waals surface area contributed by atoms with Crippen molar-refractivity contribution in [2.75, 3.05) is 0 Å². The van der Waals surface area contributed by atoms with Gasteiger partial charge >= 0.3 is 5.69 Å². The largest absolute Gasteiger partial charge is 0.450 e. The van der Waals surface area contributed by atoms with Crippen molar-refractivity contribution in [2.24, 2.45) is 0 Å². The molecule has 0 aromatic heterocycles. The van der Waals surface area contributed by atoms with Gasteiger partial charge in [0.1, 0.15) is 5.75 Å². The van der Waals surface area contributed by atoms with E-state index in [9.17, 15) is 20.2 Å². The number of para-hydroxylation sites is 2. The number of aryl methyl sites for hydroxylation is 1. The molecule has 0 N–H and O–H groups in total. The lowest BCUT2D eigenvalue weighted by Gasteiger charge is -2.07. The minimum atomic E-state index is -0.548. The Bertz CT molecular complexity index is 684. The molecule has 0 fully saturated rings. The average molecular weight is 274 g/mol. The minimum absolute atomic E-state index is 0.0279. The van der Waals surface area contributed by atoms with E-state index in [2.05, 4.69) is 0 Å². The molecule has 7 nitrogen and oxygen atoms in total. The van der Waals surface area contributed by atoms with Crippen molar-refractivity contribution in [2.45, 2.75) is 6.92 Å². The molecule has 20 heavy (non-hydrogen) atoms. The molecule has 102 valence electrons. The lowest BCUT2D eigenvalue weighted by atomic mass is 10.2. The molecule has 0 heterocycles. The SMILES string of the molecule is Cc1cc(Oc2ccccc2[N+](=O)[O-])ccc1[N+](=O)[O-]. The summed E-state index contributed by atoms with van der Waals surface area (Å²) in [5.74, 6) is 0.396. The monoisotopic (exact) mass is 274 g/mol. The molecule has 0 amide bonds. The van der Waals surface area contributed by atoms with Crippen molar-refractivity contribution in [1.82, 2.24) is 0 Å². The highest BCUT2D eigenvalue weighted by atomic mass is 16.6. The Morgan fingerprint density at radius 1 is 0.950 bits per heavy atom. The van der Waals surface area contributed by atoms with E-state index in [-0.39, 0.29) is 17.1 Å². The van der Waals surface area contributed by atoms with E-state index in [4.69, 9.17) is 4.74 Å². The van der Waals surface area contributed by atoms with Crippen LogP contribution in [0.25, 0.3) is 0 Å². The molecule has 7 heteroatoms. The van der Waals surface area contributed by atoms with E-state index in [0.29, 0.717) is 11.3 Å². The molecule has 0 aliphatic heterocycles. The van der Waals surface area contributed by atoms with Gasteiger partial charge in [0.15, 0.2) is 0 Å². The number of hydrogen-bond acceptors (Lipinski definition) is 5. The van der Waals surface area contributed by atoms with Gasteiger partial charge in [-0.05, 0) is 25.1 Å². The summed E-state index contributed by atoms with van der Waals surface area (Å²) in [7, 11) is 0. The summed E-state index contributed by atoms with van der Waals surface area (Å²) in [6.07, 6.45) is 0. The highest BCUT2D eigenvalue weighted by Crippen LogP contribution is 2.32. The van der Waals surface area contributed by atoms with Gasteiger partial charge in [-0.3, -0.25) is 20.2 Å². The Labute approximate surface area is 113 Å². The predicted octanol–water partition coefficient (Wildman–Crippen LogP) is 3.60. The zero-order valence-corrected chi connectivity index (χ0v) is 10.5. The minimum Gasteiger partial charge on any atom is -0.450 e. The van der Waals surface area contributed by atoms with Gasteiger partial charge in [-0.2, -0.15) is 0 Å². The van der Waals surface area contributed by atoms with Crippen LogP contribution >= 0.6 is 0 Å². The van der Waals surface area contributed by atoms with E-state index >= 15 is 0 Å². The number of benzene rings is 2. The van der Waals surface area contributed by atoms with Gasteiger partial charge in [-0.1, -0.05) is 12.1 Å².